The maximum atomic E-state index is 8.99. The summed E-state index contributed by atoms with van der Waals surface area (Å²) < 4.78 is 0. The molecule has 0 aliphatic heterocycles. The number of hydrogen-bond acceptors (Lipinski definition) is 2. The summed E-state index contributed by atoms with van der Waals surface area (Å²) in [5, 5.41) is 13.1. The summed E-state index contributed by atoms with van der Waals surface area (Å²) in [5.74, 6) is 0. The second-order valence-electron chi connectivity index (χ2n) is 3.77. The number of aliphatic hydroxyl groups is 1. The minimum Gasteiger partial charge on any atom is -0.395 e. The van der Waals surface area contributed by atoms with Crippen molar-refractivity contribution in [2.24, 2.45) is 0 Å². The van der Waals surface area contributed by atoms with Gasteiger partial charge in [0.2, 0.25) is 0 Å². The van der Waals surface area contributed by atoms with E-state index in [2.05, 4.69) is 18.3 Å². The van der Waals surface area contributed by atoms with Crippen molar-refractivity contribution < 1.29 is 5.11 Å². The van der Waals surface area contributed by atoms with E-state index in [9.17, 15) is 0 Å². The number of halogens is 1. The molecular weight excluding hydrogens is 210 g/mol. The normalized spacial score (nSPS) is 14.9. The molecule has 0 bridgehead atoms. The van der Waals surface area contributed by atoms with E-state index in [0.717, 1.165) is 11.4 Å². The van der Waals surface area contributed by atoms with Gasteiger partial charge in [-0.05, 0) is 31.0 Å². The molecule has 2 atom stereocenters. The zero-order valence-electron chi connectivity index (χ0n) is 9.20. The molecule has 2 N–H and O–H groups in total. The van der Waals surface area contributed by atoms with Gasteiger partial charge in [0, 0.05) is 17.1 Å². The molecule has 0 fully saturated rings. The lowest BCUT2D eigenvalue weighted by Crippen LogP contribution is -2.32. The summed E-state index contributed by atoms with van der Waals surface area (Å²) >= 11 is 5.94. The van der Waals surface area contributed by atoms with Gasteiger partial charge in [-0.2, -0.15) is 0 Å². The quantitative estimate of drug-likeness (QED) is 0.811. The third-order valence-electron chi connectivity index (χ3n) is 2.42. The maximum Gasteiger partial charge on any atom is 0.0582 e. The summed E-state index contributed by atoms with van der Waals surface area (Å²) in [4.78, 5) is 0. The summed E-state index contributed by atoms with van der Waals surface area (Å²) in [6.07, 6.45) is 0.977. The van der Waals surface area contributed by atoms with Crippen LogP contribution in [0.3, 0.4) is 0 Å². The Bertz CT molecular complexity index is 303. The Hall–Kier alpha value is -0.570. The first-order valence-corrected chi connectivity index (χ1v) is 5.67. The van der Waals surface area contributed by atoms with E-state index in [1.807, 2.05) is 25.1 Å². The summed E-state index contributed by atoms with van der Waals surface area (Å²) in [5.41, 5.74) is 1.17. The number of aliphatic hydroxyl groups excluding tert-OH is 1. The van der Waals surface area contributed by atoms with Crippen LogP contribution in [0.25, 0.3) is 0 Å². The summed E-state index contributed by atoms with van der Waals surface area (Å²) in [6, 6.07) is 8.20. The highest BCUT2D eigenvalue weighted by Crippen LogP contribution is 2.20. The van der Waals surface area contributed by atoms with E-state index in [4.69, 9.17) is 16.7 Å². The van der Waals surface area contributed by atoms with Gasteiger partial charge in [0.15, 0.2) is 0 Å². The van der Waals surface area contributed by atoms with Gasteiger partial charge in [-0.1, -0.05) is 30.7 Å². The van der Waals surface area contributed by atoms with Crippen LogP contribution >= 0.6 is 11.6 Å². The number of benzene rings is 1. The summed E-state index contributed by atoms with van der Waals surface area (Å²) in [6.45, 7) is 4.23. The lowest BCUT2D eigenvalue weighted by Gasteiger charge is -2.21. The van der Waals surface area contributed by atoms with Crippen LogP contribution in [0.15, 0.2) is 24.3 Å². The average Bonchev–Trinajstić information content (AvgIpc) is 2.25. The molecule has 0 heterocycles. The third kappa shape index (κ3) is 3.82. The fraction of sp³-hybridized carbons (Fsp3) is 0.500. The van der Waals surface area contributed by atoms with E-state index >= 15 is 0 Å². The number of hydrogen-bond donors (Lipinski definition) is 2. The highest BCUT2D eigenvalue weighted by atomic mass is 35.5. The van der Waals surface area contributed by atoms with Crippen molar-refractivity contribution in [1.29, 1.82) is 0 Å². The van der Waals surface area contributed by atoms with Gasteiger partial charge in [-0.25, -0.2) is 0 Å². The Morgan fingerprint density at radius 3 is 2.73 bits per heavy atom. The van der Waals surface area contributed by atoms with E-state index in [1.54, 1.807) is 0 Å². The first-order valence-electron chi connectivity index (χ1n) is 5.29. The molecule has 84 valence electrons. The van der Waals surface area contributed by atoms with Crippen molar-refractivity contribution in [3.8, 4) is 0 Å². The largest absolute Gasteiger partial charge is 0.395 e. The molecule has 1 aromatic rings. The van der Waals surface area contributed by atoms with Crippen LogP contribution in [0.2, 0.25) is 5.02 Å². The van der Waals surface area contributed by atoms with Crippen LogP contribution in [0.5, 0.6) is 0 Å². The molecule has 0 saturated carbocycles. The molecule has 2 nitrogen and oxygen atoms in total. The van der Waals surface area contributed by atoms with Crippen LogP contribution in [-0.4, -0.2) is 17.8 Å². The van der Waals surface area contributed by atoms with Gasteiger partial charge in [0.1, 0.15) is 0 Å². The van der Waals surface area contributed by atoms with Gasteiger partial charge in [-0.3, -0.25) is 0 Å². The highest BCUT2D eigenvalue weighted by molar-refractivity contribution is 6.30. The third-order valence-corrected chi connectivity index (χ3v) is 2.65. The first-order chi connectivity index (χ1) is 7.17. The lowest BCUT2D eigenvalue weighted by atomic mass is 10.0. The van der Waals surface area contributed by atoms with E-state index < -0.39 is 0 Å². The van der Waals surface area contributed by atoms with Crippen LogP contribution in [0, 0.1) is 0 Å². The minimum atomic E-state index is 0.105. The van der Waals surface area contributed by atoms with Gasteiger partial charge in [-0.15, -0.1) is 0 Å². The Morgan fingerprint density at radius 2 is 2.20 bits per heavy atom. The van der Waals surface area contributed by atoms with Crippen molar-refractivity contribution in [3.05, 3.63) is 34.9 Å². The average molecular weight is 228 g/mol. The van der Waals surface area contributed by atoms with Crippen LogP contribution < -0.4 is 5.32 Å². The molecule has 0 aliphatic carbocycles. The molecule has 1 unspecified atom stereocenters. The molecule has 1 rings (SSSR count). The van der Waals surface area contributed by atoms with Gasteiger partial charge in [0.25, 0.3) is 0 Å². The van der Waals surface area contributed by atoms with Crippen LogP contribution in [-0.2, 0) is 0 Å². The highest BCUT2D eigenvalue weighted by Gasteiger charge is 2.11. The monoisotopic (exact) mass is 227 g/mol. The van der Waals surface area contributed by atoms with E-state index in [-0.39, 0.29) is 18.7 Å². The zero-order valence-corrected chi connectivity index (χ0v) is 9.96. The maximum absolute atomic E-state index is 8.99. The standard InChI is InChI=1S/C12H18ClNO/c1-3-12(14-9(2)8-15)10-5-4-6-11(13)7-10/h4-7,9,12,14-15H,3,8H2,1-2H3/t9-,12?/m1/s1. The fourth-order valence-electron chi connectivity index (χ4n) is 1.57. The molecule has 0 aliphatic rings. The number of rotatable bonds is 5. The molecule has 15 heavy (non-hydrogen) atoms. The van der Waals surface area contributed by atoms with Crippen molar-refractivity contribution in [3.63, 3.8) is 0 Å². The lowest BCUT2D eigenvalue weighted by molar-refractivity contribution is 0.239. The molecule has 0 spiro atoms. The first kappa shape index (κ1) is 12.5. The van der Waals surface area contributed by atoms with Gasteiger partial charge < -0.3 is 10.4 Å². The molecular formula is C12H18ClNO. The topological polar surface area (TPSA) is 32.3 Å². The van der Waals surface area contributed by atoms with Crippen molar-refractivity contribution in [2.45, 2.75) is 32.4 Å². The second-order valence-corrected chi connectivity index (χ2v) is 4.20. The minimum absolute atomic E-state index is 0.105. The fourth-order valence-corrected chi connectivity index (χ4v) is 1.77. The van der Waals surface area contributed by atoms with Gasteiger partial charge >= 0.3 is 0 Å². The second kappa shape index (κ2) is 6.11. The Labute approximate surface area is 96.3 Å². The Morgan fingerprint density at radius 1 is 1.47 bits per heavy atom. The molecule has 0 aromatic heterocycles. The predicted octanol–water partition coefficient (Wildman–Crippen LogP) is 2.76. The van der Waals surface area contributed by atoms with Crippen LogP contribution in [0.4, 0.5) is 0 Å². The van der Waals surface area contributed by atoms with Gasteiger partial charge in [0.05, 0.1) is 6.61 Å². The molecule has 0 saturated heterocycles. The van der Waals surface area contributed by atoms with E-state index in [0.29, 0.717) is 0 Å². The van der Waals surface area contributed by atoms with Crippen molar-refractivity contribution >= 4 is 11.6 Å². The molecule has 1 aromatic carbocycles. The van der Waals surface area contributed by atoms with Crippen molar-refractivity contribution in [1.82, 2.24) is 5.32 Å². The van der Waals surface area contributed by atoms with E-state index in [1.165, 1.54) is 5.56 Å². The molecule has 0 radical (unpaired) electrons. The summed E-state index contributed by atoms with van der Waals surface area (Å²) in [7, 11) is 0. The number of nitrogens with one attached hydrogen (secondary N) is 1. The predicted molar refractivity (Wildman–Crippen MR) is 64.2 cm³/mol. The molecule has 3 heteroatoms. The Balaban J connectivity index is 2.73. The molecule has 0 amide bonds. The SMILES string of the molecule is CCC(N[C@H](C)CO)c1cccc(Cl)c1. The van der Waals surface area contributed by atoms with Crippen molar-refractivity contribution in [2.75, 3.05) is 6.61 Å². The zero-order chi connectivity index (χ0) is 11.3. The smallest absolute Gasteiger partial charge is 0.0582 e. The Kier molecular flexibility index (Phi) is 5.09. The van der Waals surface area contributed by atoms with Crippen LogP contribution in [0.1, 0.15) is 31.9 Å².